The zero-order valence-electron chi connectivity index (χ0n) is 17.9. The molecule has 0 bridgehead atoms. The Hall–Kier alpha value is -2.93. The zero-order valence-corrected chi connectivity index (χ0v) is 17.9. The van der Waals surface area contributed by atoms with Crippen molar-refractivity contribution in [3.05, 3.63) is 71.8 Å². The van der Waals surface area contributed by atoms with Gasteiger partial charge in [-0.15, -0.1) is 10.2 Å². The van der Waals surface area contributed by atoms with Gasteiger partial charge >= 0.3 is 0 Å². The van der Waals surface area contributed by atoms with E-state index in [0.29, 0.717) is 5.92 Å². The van der Waals surface area contributed by atoms with E-state index in [-0.39, 0.29) is 5.41 Å². The van der Waals surface area contributed by atoms with Crippen molar-refractivity contribution in [3.63, 3.8) is 0 Å². The summed E-state index contributed by atoms with van der Waals surface area (Å²) in [6.45, 7) is 10.4. The van der Waals surface area contributed by atoms with Crippen molar-refractivity contribution in [1.29, 1.82) is 5.26 Å². The molecule has 1 atom stereocenters. The summed E-state index contributed by atoms with van der Waals surface area (Å²) in [7, 11) is 2.03. The average molecular weight is 387 g/mol. The minimum atomic E-state index is -0.365. The van der Waals surface area contributed by atoms with Gasteiger partial charge in [0.05, 0.1) is 11.5 Å². The number of aromatic nitrogens is 3. The Balaban J connectivity index is 1.68. The molecule has 0 aliphatic carbocycles. The van der Waals surface area contributed by atoms with Crippen LogP contribution in [0.15, 0.2) is 54.6 Å². The molecule has 150 valence electrons. The monoisotopic (exact) mass is 386 g/mol. The van der Waals surface area contributed by atoms with E-state index in [4.69, 9.17) is 0 Å². The summed E-state index contributed by atoms with van der Waals surface area (Å²) >= 11 is 0. The summed E-state index contributed by atoms with van der Waals surface area (Å²) in [5.74, 6) is 2.22. The van der Waals surface area contributed by atoms with Gasteiger partial charge in [0.25, 0.3) is 0 Å². The van der Waals surface area contributed by atoms with Gasteiger partial charge in [-0.05, 0) is 42.0 Å². The second kappa shape index (κ2) is 8.61. The van der Waals surface area contributed by atoms with Crippen LogP contribution in [0.2, 0.25) is 0 Å². The van der Waals surface area contributed by atoms with Crippen LogP contribution in [-0.4, -0.2) is 14.8 Å². The summed E-state index contributed by atoms with van der Waals surface area (Å²) in [5.41, 5.74) is 1.99. The summed E-state index contributed by atoms with van der Waals surface area (Å²) in [6, 6.07) is 17.3. The largest absolute Gasteiger partial charge is 0.318 e. The number of benzene rings is 2. The molecule has 3 rings (SSSR count). The first-order chi connectivity index (χ1) is 13.8. The van der Waals surface area contributed by atoms with Crippen LogP contribution in [-0.2, 0) is 19.9 Å². The predicted octanol–water partition coefficient (Wildman–Crippen LogP) is 5.62. The third-order valence-electron chi connectivity index (χ3n) is 6.13. The minimum absolute atomic E-state index is 0.298. The molecule has 0 saturated carbocycles. The average Bonchev–Trinajstić information content (AvgIpc) is 3.06. The second-order valence-electron chi connectivity index (χ2n) is 8.52. The lowest BCUT2D eigenvalue weighted by molar-refractivity contribution is 0.304. The molecule has 2 aromatic carbocycles. The van der Waals surface area contributed by atoms with Crippen LogP contribution in [0.3, 0.4) is 0 Å². The van der Waals surface area contributed by atoms with E-state index in [1.807, 2.05) is 14.0 Å². The quantitative estimate of drug-likeness (QED) is 0.472. The Bertz CT molecular complexity index is 1050. The molecular formula is C25H30N4. The van der Waals surface area contributed by atoms with Crippen LogP contribution >= 0.6 is 0 Å². The van der Waals surface area contributed by atoms with Crippen LogP contribution in [0.25, 0.3) is 10.8 Å². The Morgan fingerprint density at radius 2 is 1.83 bits per heavy atom. The molecule has 1 heterocycles. The highest BCUT2D eigenvalue weighted by Crippen LogP contribution is 2.34. The van der Waals surface area contributed by atoms with Gasteiger partial charge in [-0.25, -0.2) is 0 Å². The second-order valence-corrected chi connectivity index (χ2v) is 8.52. The molecule has 0 radical (unpaired) electrons. The van der Waals surface area contributed by atoms with E-state index in [9.17, 15) is 5.26 Å². The number of nitriles is 1. The van der Waals surface area contributed by atoms with Crippen LogP contribution in [0.5, 0.6) is 0 Å². The fourth-order valence-electron chi connectivity index (χ4n) is 3.66. The van der Waals surface area contributed by atoms with E-state index < -0.39 is 0 Å². The lowest BCUT2D eigenvalue weighted by Crippen LogP contribution is -2.22. The van der Waals surface area contributed by atoms with Crippen LogP contribution < -0.4 is 0 Å². The molecule has 3 aromatic rings. The highest BCUT2D eigenvalue weighted by atomic mass is 15.3. The first kappa shape index (κ1) is 20.8. The van der Waals surface area contributed by atoms with Gasteiger partial charge in [-0.2, -0.15) is 5.26 Å². The highest BCUT2D eigenvalue weighted by Gasteiger charge is 2.28. The van der Waals surface area contributed by atoms with Gasteiger partial charge in [0.15, 0.2) is 0 Å². The van der Waals surface area contributed by atoms with Gasteiger partial charge in [-0.1, -0.05) is 68.5 Å². The molecular weight excluding hydrogens is 356 g/mol. The van der Waals surface area contributed by atoms with Crippen molar-refractivity contribution in [2.75, 3.05) is 0 Å². The lowest BCUT2D eigenvalue weighted by atomic mass is 9.75. The van der Waals surface area contributed by atoms with Gasteiger partial charge in [-0.3, -0.25) is 0 Å². The fraction of sp³-hybridized carbons (Fsp3) is 0.400. The van der Waals surface area contributed by atoms with E-state index >= 15 is 0 Å². The third kappa shape index (κ3) is 4.56. The summed E-state index contributed by atoms with van der Waals surface area (Å²) < 4.78 is 2.10. The molecule has 4 nitrogen and oxygen atoms in total. The van der Waals surface area contributed by atoms with Crippen molar-refractivity contribution < 1.29 is 0 Å². The highest BCUT2D eigenvalue weighted by molar-refractivity contribution is 5.85. The Kier molecular flexibility index (Phi) is 6.17. The predicted molar refractivity (Wildman–Crippen MR) is 118 cm³/mol. The van der Waals surface area contributed by atoms with Crippen LogP contribution in [0.1, 0.15) is 50.8 Å². The lowest BCUT2D eigenvalue weighted by Gasteiger charge is -2.26. The standard InChI is InChI=1S/C25H30N4/c1-18(2)25(4,17-26)16-19(3)13-14-23-27-28-24(29(23)5)15-21-11-8-10-20-9-6-7-12-22(20)21/h6-12,18H,3,13-16H2,1-2,4-5H3. The van der Waals surface area contributed by atoms with Crippen molar-refractivity contribution in [2.45, 2.75) is 46.5 Å². The van der Waals surface area contributed by atoms with Crippen molar-refractivity contribution in [3.8, 4) is 6.07 Å². The van der Waals surface area contributed by atoms with Gasteiger partial charge in [0.2, 0.25) is 0 Å². The van der Waals surface area contributed by atoms with E-state index in [1.165, 1.54) is 16.3 Å². The van der Waals surface area contributed by atoms with E-state index in [0.717, 1.165) is 42.9 Å². The Labute approximate surface area is 173 Å². The maximum atomic E-state index is 9.54. The van der Waals surface area contributed by atoms with E-state index in [1.54, 1.807) is 0 Å². The number of fused-ring (bicyclic) bond motifs is 1. The summed E-state index contributed by atoms with van der Waals surface area (Å²) in [6.07, 6.45) is 3.09. The zero-order chi connectivity index (χ0) is 21.0. The Morgan fingerprint density at radius 1 is 1.14 bits per heavy atom. The molecule has 0 spiro atoms. The van der Waals surface area contributed by atoms with Crippen LogP contribution in [0, 0.1) is 22.7 Å². The maximum absolute atomic E-state index is 9.54. The molecule has 1 aromatic heterocycles. The van der Waals surface area contributed by atoms with Crippen molar-refractivity contribution >= 4 is 10.8 Å². The first-order valence-corrected chi connectivity index (χ1v) is 10.3. The number of hydrogen-bond donors (Lipinski definition) is 0. The number of nitrogens with zero attached hydrogens (tertiary/aromatic N) is 4. The van der Waals surface area contributed by atoms with Gasteiger partial charge in [0.1, 0.15) is 11.6 Å². The van der Waals surface area contributed by atoms with Gasteiger partial charge in [0, 0.05) is 19.9 Å². The number of hydrogen-bond acceptors (Lipinski definition) is 3. The molecule has 0 aliphatic rings. The Morgan fingerprint density at radius 3 is 2.55 bits per heavy atom. The first-order valence-electron chi connectivity index (χ1n) is 10.3. The topological polar surface area (TPSA) is 54.5 Å². The normalized spacial score (nSPS) is 13.4. The molecule has 0 saturated heterocycles. The van der Waals surface area contributed by atoms with Crippen LogP contribution in [0.4, 0.5) is 0 Å². The summed E-state index contributed by atoms with van der Waals surface area (Å²) in [5, 5.41) is 20.9. The summed E-state index contributed by atoms with van der Waals surface area (Å²) in [4.78, 5) is 0. The number of aryl methyl sites for hydroxylation is 1. The molecule has 4 heteroatoms. The molecule has 0 aliphatic heterocycles. The fourth-order valence-corrected chi connectivity index (χ4v) is 3.66. The maximum Gasteiger partial charge on any atom is 0.137 e. The SMILES string of the molecule is C=C(CCc1nnc(Cc2cccc3ccccc23)n1C)CC(C)(C#N)C(C)C. The minimum Gasteiger partial charge on any atom is -0.318 e. The van der Waals surface area contributed by atoms with E-state index in [2.05, 4.69) is 83.7 Å². The molecule has 29 heavy (non-hydrogen) atoms. The number of rotatable bonds is 8. The molecule has 0 amide bonds. The van der Waals surface area contributed by atoms with Crippen molar-refractivity contribution in [1.82, 2.24) is 14.8 Å². The molecule has 1 unspecified atom stereocenters. The van der Waals surface area contributed by atoms with Crippen molar-refractivity contribution in [2.24, 2.45) is 18.4 Å². The smallest absolute Gasteiger partial charge is 0.137 e. The third-order valence-corrected chi connectivity index (χ3v) is 6.13. The van der Waals surface area contributed by atoms with Gasteiger partial charge < -0.3 is 4.57 Å². The molecule has 0 N–H and O–H groups in total. The number of allylic oxidation sites excluding steroid dienone is 1. The molecule has 0 fully saturated rings.